The van der Waals surface area contributed by atoms with Gasteiger partial charge >= 0.3 is 23.9 Å². The van der Waals surface area contributed by atoms with Crippen LogP contribution in [0.5, 0.6) is 0 Å². The van der Waals surface area contributed by atoms with Crippen LogP contribution in [-0.4, -0.2) is 50.3 Å². The summed E-state index contributed by atoms with van der Waals surface area (Å²) < 4.78 is 20.1. The Labute approximate surface area is 219 Å². The molecule has 8 nitrogen and oxygen atoms in total. The fraction of sp³-hybridized carbons (Fsp3) is 0.857. The highest BCUT2D eigenvalue weighted by Crippen LogP contribution is 2.06. The number of carbonyl (C=O) groups excluding carboxylic acids is 4. The molecule has 0 spiro atoms. The lowest BCUT2D eigenvalue weighted by atomic mass is 10.2. The van der Waals surface area contributed by atoms with Crippen LogP contribution in [0.25, 0.3) is 0 Å². The van der Waals surface area contributed by atoms with Crippen molar-refractivity contribution in [3.8, 4) is 0 Å². The minimum Gasteiger partial charge on any atom is -0.466 e. The topological polar surface area (TPSA) is 105 Å². The SMILES string of the molecule is CC(C)COC(=O)CCCCC(=O)OCC(C)C.CCCCOC(=O)CCCCC(=O)OCCCC. The first-order valence-corrected chi connectivity index (χ1v) is 13.7. The average molecular weight is 517 g/mol. The van der Waals surface area contributed by atoms with Gasteiger partial charge in [0.15, 0.2) is 0 Å². The van der Waals surface area contributed by atoms with Crippen molar-refractivity contribution in [1.29, 1.82) is 0 Å². The lowest BCUT2D eigenvalue weighted by Crippen LogP contribution is -2.11. The lowest BCUT2D eigenvalue weighted by Gasteiger charge is -2.08. The summed E-state index contributed by atoms with van der Waals surface area (Å²) >= 11 is 0. The molecule has 212 valence electrons. The molecular weight excluding hydrogens is 464 g/mol. The number of unbranched alkanes of at least 4 members (excludes halogenated alkanes) is 4. The monoisotopic (exact) mass is 516 g/mol. The maximum Gasteiger partial charge on any atom is 0.305 e. The van der Waals surface area contributed by atoms with Crippen LogP contribution in [0.15, 0.2) is 0 Å². The van der Waals surface area contributed by atoms with Crippen LogP contribution in [0.3, 0.4) is 0 Å². The molecular formula is C28H52O8. The quantitative estimate of drug-likeness (QED) is 0.107. The molecule has 0 bridgehead atoms. The van der Waals surface area contributed by atoms with Gasteiger partial charge in [-0.25, -0.2) is 0 Å². The number of esters is 4. The van der Waals surface area contributed by atoms with E-state index < -0.39 is 0 Å². The molecule has 0 unspecified atom stereocenters. The minimum atomic E-state index is -0.181. The Morgan fingerprint density at radius 1 is 0.472 bits per heavy atom. The predicted octanol–water partition coefficient (Wildman–Crippen LogP) is 6.18. The summed E-state index contributed by atoms with van der Waals surface area (Å²) in [5, 5.41) is 0. The van der Waals surface area contributed by atoms with Crippen molar-refractivity contribution >= 4 is 23.9 Å². The number of hydrogen-bond acceptors (Lipinski definition) is 8. The van der Waals surface area contributed by atoms with E-state index >= 15 is 0 Å². The van der Waals surface area contributed by atoms with Gasteiger partial charge in [0.2, 0.25) is 0 Å². The molecule has 0 aliphatic heterocycles. The van der Waals surface area contributed by atoms with Crippen molar-refractivity contribution in [2.24, 2.45) is 11.8 Å². The summed E-state index contributed by atoms with van der Waals surface area (Å²) in [5.41, 5.74) is 0. The van der Waals surface area contributed by atoms with E-state index in [1.54, 1.807) is 0 Å². The number of hydrogen-bond donors (Lipinski definition) is 0. The van der Waals surface area contributed by atoms with E-state index in [1.807, 2.05) is 27.7 Å². The Hall–Kier alpha value is -2.12. The summed E-state index contributed by atoms with van der Waals surface area (Å²) in [7, 11) is 0. The van der Waals surface area contributed by atoms with Gasteiger partial charge in [-0.1, -0.05) is 54.4 Å². The van der Waals surface area contributed by atoms with Crippen molar-refractivity contribution in [2.45, 2.75) is 119 Å². The van der Waals surface area contributed by atoms with Gasteiger partial charge in [-0.15, -0.1) is 0 Å². The van der Waals surface area contributed by atoms with Crippen LogP contribution in [0, 0.1) is 11.8 Å². The summed E-state index contributed by atoms with van der Waals surface area (Å²) in [4.78, 5) is 45.0. The maximum absolute atomic E-state index is 11.3. The number of carbonyl (C=O) groups is 4. The molecule has 0 heterocycles. The summed E-state index contributed by atoms with van der Waals surface area (Å²) in [6.07, 6.45) is 8.15. The molecule has 0 rings (SSSR count). The largest absolute Gasteiger partial charge is 0.466 e. The Balaban J connectivity index is 0. The number of ether oxygens (including phenoxy) is 4. The first-order chi connectivity index (χ1) is 17.1. The van der Waals surface area contributed by atoms with Gasteiger partial charge in [-0.2, -0.15) is 0 Å². The van der Waals surface area contributed by atoms with Crippen molar-refractivity contribution < 1.29 is 38.1 Å². The highest BCUT2D eigenvalue weighted by atomic mass is 16.5. The molecule has 0 saturated carbocycles. The van der Waals surface area contributed by atoms with Gasteiger partial charge in [0.05, 0.1) is 26.4 Å². The molecule has 0 saturated heterocycles. The molecule has 0 amide bonds. The zero-order valence-electron chi connectivity index (χ0n) is 23.7. The second-order valence-electron chi connectivity index (χ2n) is 9.72. The van der Waals surface area contributed by atoms with Gasteiger partial charge < -0.3 is 18.9 Å². The van der Waals surface area contributed by atoms with E-state index in [9.17, 15) is 19.2 Å². The molecule has 0 radical (unpaired) electrons. The molecule has 0 atom stereocenters. The maximum atomic E-state index is 11.3. The molecule has 0 N–H and O–H groups in total. The first-order valence-electron chi connectivity index (χ1n) is 13.7. The Kier molecular flexibility index (Phi) is 26.0. The van der Waals surface area contributed by atoms with Crippen LogP contribution in [0.2, 0.25) is 0 Å². The van der Waals surface area contributed by atoms with Crippen molar-refractivity contribution in [3.63, 3.8) is 0 Å². The first kappa shape index (κ1) is 36.0. The molecule has 0 aromatic rings. The average Bonchev–Trinajstić information content (AvgIpc) is 2.82. The molecule has 0 aliphatic rings. The van der Waals surface area contributed by atoms with E-state index in [2.05, 4.69) is 13.8 Å². The van der Waals surface area contributed by atoms with Crippen LogP contribution >= 0.6 is 0 Å². The van der Waals surface area contributed by atoms with Crippen LogP contribution in [0.4, 0.5) is 0 Å². The Morgan fingerprint density at radius 3 is 1.00 bits per heavy atom. The lowest BCUT2D eigenvalue weighted by molar-refractivity contribution is -0.147. The smallest absolute Gasteiger partial charge is 0.305 e. The normalized spacial score (nSPS) is 10.4. The Morgan fingerprint density at radius 2 is 0.750 bits per heavy atom. The molecule has 8 heteroatoms. The van der Waals surface area contributed by atoms with Gasteiger partial charge in [0, 0.05) is 25.7 Å². The second-order valence-corrected chi connectivity index (χ2v) is 9.72. The summed E-state index contributed by atoms with van der Waals surface area (Å²) in [5.74, 6) is 0.0315. The van der Waals surface area contributed by atoms with E-state index in [1.165, 1.54) is 0 Å². The van der Waals surface area contributed by atoms with Crippen LogP contribution < -0.4 is 0 Å². The third-order valence-corrected chi connectivity index (χ3v) is 4.70. The van der Waals surface area contributed by atoms with E-state index in [4.69, 9.17) is 18.9 Å². The van der Waals surface area contributed by atoms with E-state index in [0.29, 0.717) is 89.6 Å². The summed E-state index contributed by atoms with van der Waals surface area (Å²) in [6, 6.07) is 0. The zero-order chi connectivity index (χ0) is 27.6. The fourth-order valence-corrected chi connectivity index (χ4v) is 2.55. The predicted molar refractivity (Wildman–Crippen MR) is 140 cm³/mol. The number of rotatable bonds is 20. The van der Waals surface area contributed by atoms with Crippen LogP contribution in [0.1, 0.15) is 119 Å². The third kappa shape index (κ3) is 29.9. The van der Waals surface area contributed by atoms with Gasteiger partial charge in [-0.3, -0.25) is 19.2 Å². The molecule has 0 aromatic carbocycles. The van der Waals surface area contributed by atoms with Gasteiger partial charge in [-0.05, 0) is 50.4 Å². The summed E-state index contributed by atoms with van der Waals surface area (Å²) in [6.45, 7) is 14.1. The van der Waals surface area contributed by atoms with Crippen molar-refractivity contribution in [3.05, 3.63) is 0 Å². The zero-order valence-corrected chi connectivity index (χ0v) is 23.7. The second kappa shape index (κ2) is 26.0. The molecule has 0 aromatic heterocycles. The van der Waals surface area contributed by atoms with Gasteiger partial charge in [0.25, 0.3) is 0 Å². The Bertz CT molecular complexity index is 522. The van der Waals surface area contributed by atoms with Crippen LogP contribution in [-0.2, 0) is 38.1 Å². The minimum absolute atomic E-state index is 0.164. The fourth-order valence-electron chi connectivity index (χ4n) is 2.55. The standard InChI is InChI=1S/2C14H26O4/c1-11(2)9-17-13(15)7-5-6-8-14(16)18-10-12(3)4;1-3-5-11-17-13(15)9-7-8-10-14(16)18-12-6-4-2/h11-12H,5-10H2,1-4H3;3-12H2,1-2H3. The van der Waals surface area contributed by atoms with Crippen molar-refractivity contribution in [1.82, 2.24) is 0 Å². The highest BCUT2D eigenvalue weighted by Gasteiger charge is 2.08. The molecule has 0 aliphatic carbocycles. The van der Waals surface area contributed by atoms with E-state index in [0.717, 1.165) is 25.7 Å². The molecule has 36 heavy (non-hydrogen) atoms. The van der Waals surface area contributed by atoms with Gasteiger partial charge in [0.1, 0.15) is 0 Å². The van der Waals surface area contributed by atoms with Crippen molar-refractivity contribution in [2.75, 3.05) is 26.4 Å². The van der Waals surface area contributed by atoms with E-state index in [-0.39, 0.29) is 23.9 Å². The molecule has 0 fully saturated rings. The third-order valence-electron chi connectivity index (χ3n) is 4.70. The highest BCUT2D eigenvalue weighted by molar-refractivity contribution is 5.71.